The van der Waals surface area contributed by atoms with Gasteiger partial charge in [0.15, 0.2) is 0 Å². The SMILES string of the molecule is COc1ccc(CNCCOCC(F)F)c(OC)c1. The van der Waals surface area contributed by atoms with Crippen molar-refractivity contribution in [3.8, 4) is 11.5 Å². The minimum Gasteiger partial charge on any atom is -0.497 e. The van der Waals surface area contributed by atoms with Crippen LogP contribution in [0.5, 0.6) is 11.5 Å². The van der Waals surface area contributed by atoms with Gasteiger partial charge < -0.3 is 19.5 Å². The van der Waals surface area contributed by atoms with Gasteiger partial charge in [-0.3, -0.25) is 0 Å². The highest BCUT2D eigenvalue weighted by Gasteiger charge is 2.05. The van der Waals surface area contributed by atoms with Crippen LogP contribution in [0.15, 0.2) is 18.2 Å². The van der Waals surface area contributed by atoms with E-state index in [1.54, 1.807) is 20.3 Å². The Balaban J connectivity index is 2.32. The second kappa shape index (κ2) is 8.66. The van der Waals surface area contributed by atoms with Crippen LogP contribution in [0.3, 0.4) is 0 Å². The largest absolute Gasteiger partial charge is 0.497 e. The van der Waals surface area contributed by atoms with Gasteiger partial charge in [-0.25, -0.2) is 8.78 Å². The molecule has 0 aromatic heterocycles. The molecular formula is C13H19F2NO3. The summed E-state index contributed by atoms with van der Waals surface area (Å²) in [6.07, 6.45) is -2.42. The Kier molecular flexibility index (Phi) is 7.14. The molecule has 0 radical (unpaired) electrons. The average molecular weight is 275 g/mol. The van der Waals surface area contributed by atoms with Gasteiger partial charge in [-0.2, -0.15) is 0 Å². The molecule has 0 fully saturated rings. The molecule has 0 aliphatic heterocycles. The summed E-state index contributed by atoms with van der Waals surface area (Å²) in [5.74, 6) is 1.45. The number of alkyl halides is 2. The van der Waals surface area contributed by atoms with Gasteiger partial charge in [0.05, 0.1) is 20.8 Å². The summed E-state index contributed by atoms with van der Waals surface area (Å²) in [5, 5.41) is 3.10. The Morgan fingerprint density at radius 2 is 2.00 bits per heavy atom. The lowest BCUT2D eigenvalue weighted by Gasteiger charge is -2.11. The molecule has 0 amide bonds. The zero-order valence-corrected chi connectivity index (χ0v) is 11.1. The number of ether oxygens (including phenoxy) is 3. The summed E-state index contributed by atoms with van der Waals surface area (Å²) >= 11 is 0. The van der Waals surface area contributed by atoms with Crippen LogP contribution in [-0.4, -0.2) is 40.4 Å². The fraction of sp³-hybridized carbons (Fsp3) is 0.538. The van der Waals surface area contributed by atoms with Crippen molar-refractivity contribution in [1.82, 2.24) is 5.32 Å². The van der Waals surface area contributed by atoms with E-state index in [9.17, 15) is 8.78 Å². The number of hydrogen-bond donors (Lipinski definition) is 1. The Morgan fingerprint density at radius 1 is 1.21 bits per heavy atom. The van der Waals surface area contributed by atoms with Crippen LogP contribution in [0.2, 0.25) is 0 Å². The third-order valence-electron chi connectivity index (χ3n) is 2.48. The molecule has 1 aromatic carbocycles. The van der Waals surface area contributed by atoms with Crippen molar-refractivity contribution in [2.24, 2.45) is 0 Å². The number of hydrogen-bond acceptors (Lipinski definition) is 4. The van der Waals surface area contributed by atoms with Crippen LogP contribution in [0, 0.1) is 0 Å². The lowest BCUT2D eigenvalue weighted by molar-refractivity contribution is 0.0187. The number of methoxy groups -OCH3 is 2. The summed E-state index contributed by atoms with van der Waals surface area (Å²) < 4.78 is 38.7. The molecular weight excluding hydrogens is 256 g/mol. The van der Waals surface area contributed by atoms with E-state index in [2.05, 4.69) is 5.32 Å². The first-order valence-electron chi connectivity index (χ1n) is 5.95. The van der Waals surface area contributed by atoms with Crippen molar-refractivity contribution < 1.29 is 23.0 Å². The maximum absolute atomic E-state index is 11.8. The molecule has 0 heterocycles. The molecule has 0 bridgehead atoms. The maximum Gasteiger partial charge on any atom is 0.261 e. The van der Waals surface area contributed by atoms with Crippen molar-refractivity contribution in [3.05, 3.63) is 23.8 Å². The molecule has 0 saturated heterocycles. The topological polar surface area (TPSA) is 39.7 Å². The third-order valence-corrected chi connectivity index (χ3v) is 2.48. The molecule has 0 aliphatic carbocycles. The normalized spacial score (nSPS) is 10.8. The summed E-state index contributed by atoms with van der Waals surface area (Å²) in [4.78, 5) is 0. The van der Waals surface area contributed by atoms with Crippen molar-refractivity contribution in [1.29, 1.82) is 0 Å². The minimum absolute atomic E-state index is 0.253. The first-order valence-corrected chi connectivity index (χ1v) is 5.95. The fourth-order valence-electron chi connectivity index (χ4n) is 1.54. The van der Waals surface area contributed by atoms with Crippen LogP contribution in [0.4, 0.5) is 8.78 Å². The molecule has 1 rings (SSSR count). The highest BCUT2D eigenvalue weighted by Crippen LogP contribution is 2.24. The van der Waals surface area contributed by atoms with Crippen LogP contribution in [0.1, 0.15) is 5.56 Å². The van der Waals surface area contributed by atoms with Crippen molar-refractivity contribution in [2.75, 3.05) is 34.0 Å². The van der Waals surface area contributed by atoms with Crippen molar-refractivity contribution >= 4 is 0 Å². The van der Waals surface area contributed by atoms with Crippen LogP contribution in [-0.2, 0) is 11.3 Å². The van der Waals surface area contributed by atoms with E-state index in [1.165, 1.54) is 0 Å². The van der Waals surface area contributed by atoms with E-state index in [1.807, 2.05) is 12.1 Å². The van der Waals surface area contributed by atoms with Crippen molar-refractivity contribution in [2.45, 2.75) is 13.0 Å². The number of rotatable bonds is 9. The lowest BCUT2D eigenvalue weighted by atomic mass is 10.2. The zero-order valence-electron chi connectivity index (χ0n) is 11.1. The monoisotopic (exact) mass is 275 g/mol. The second-order valence-electron chi connectivity index (χ2n) is 3.82. The molecule has 1 aromatic rings. The molecule has 4 nitrogen and oxygen atoms in total. The highest BCUT2D eigenvalue weighted by atomic mass is 19.3. The molecule has 0 unspecified atom stereocenters. The standard InChI is InChI=1S/C13H19F2NO3/c1-17-11-4-3-10(12(7-11)18-2)8-16-5-6-19-9-13(14)15/h3-4,7,13,16H,5-6,8-9H2,1-2H3. The Hall–Kier alpha value is -1.40. The summed E-state index contributed by atoms with van der Waals surface area (Å²) in [6, 6.07) is 5.53. The first-order chi connectivity index (χ1) is 9.17. The van der Waals surface area contributed by atoms with E-state index in [0.717, 1.165) is 17.1 Å². The predicted octanol–water partition coefficient (Wildman–Crippen LogP) is 2.08. The van der Waals surface area contributed by atoms with Gasteiger partial charge in [0, 0.05) is 24.7 Å². The van der Waals surface area contributed by atoms with Gasteiger partial charge in [-0.15, -0.1) is 0 Å². The number of nitrogens with one attached hydrogen (secondary N) is 1. The van der Waals surface area contributed by atoms with Gasteiger partial charge >= 0.3 is 0 Å². The summed E-state index contributed by atoms with van der Waals surface area (Å²) in [7, 11) is 3.18. The molecule has 0 spiro atoms. The molecule has 0 saturated carbocycles. The summed E-state index contributed by atoms with van der Waals surface area (Å²) in [6.45, 7) is 0.809. The second-order valence-corrected chi connectivity index (χ2v) is 3.82. The lowest BCUT2D eigenvalue weighted by Crippen LogP contribution is -2.20. The van der Waals surface area contributed by atoms with Gasteiger partial charge in [0.1, 0.15) is 18.1 Å². The van der Waals surface area contributed by atoms with Gasteiger partial charge in [-0.1, -0.05) is 6.07 Å². The van der Waals surface area contributed by atoms with Gasteiger partial charge in [0.2, 0.25) is 0 Å². The van der Waals surface area contributed by atoms with Crippen LogP contribution < -0.4 is 14.8 Å². The fourth-order valence-corrected chi connectivity index (χ4v) is 1.54. The van der Waals surface area contributed by atoms with Gasteiger partial charge in [0.25, 0.3) is 6.43 Å². The van der Waals surface area contributed by atoms with Crippen LogP contribution in [0.25, 0.3) is 0 Å². The first kappa shape index (κ1) is 15.7. The van der Waals surface area contributed by atoms with E-state index in [0.29, 0.717) is 13.1 Å². The number of halogens is 2. The van der Waals surface area contributed by atoms with Crippen molar-refractivity contribution in [3.63, 3.8) is 0 Å². The molecule has 108 valence electrons. The molecule has 19 heavy (non-hydrogen) atoms. The van der Waals surface area contributed by atoms with E-state index in [-0.39, 0.29) is 6.61 Å². The number of benzene rings is 1. The Morgan fingerprint density at radius 3 is 2.63 bits per heavy atom. The smallest absolute Gasteiger partial charge is 0.261 e. The Labute approximate surface area is 111 Å². The highest BCUT2D eigenvalue weighted by molar-refractivity contribution is 5.40. The maximum atomic E-state index is 11.8. The minimum atomic E-state index is -2.42. The predicted molar refractivity (Wildman–Crippen MR) is 68.1 cm³/mol. The molecule has 6 heteroatoms. The third kappa shape index (κ3) is 5.85. The van der Waals surface area contributed by atoms with E-state index >= 15 is 0 Å². The zero-order chi connectivity index (χ0) is 14.1. The Bertz CT molecular complexity index is 375. The molecule has 1 N–H and O–H groups in total. The van der Waals surface area contributed by atoms with E-state index in [4.69, 9.17) is 14.2 Å². The average Bonchev–Trinajstić information content (AvgIpc) is 2.42. The van der Waals surface area contributed by atoms with Crippen LogP contribution >= 0.6 is 0 Å². The molecule has 0 atom stereocenters. The quantitative estimate of drug-likeness (QED) is 0.700. The van der Waals surface area contributed by atoms with Gasteiger partial charge in [-0.05, 0) is 6.07 Å². The molecule has 0 aliphatic rings. The summed E-state index contributed by atoms with van der Waals surface area (Å²) in [5.41, 5.74) is 0.970. The van der Waals surface area contributed by atoms with E-state index < -0.39 is 13.0 Å².